The molecule has 3 aromatic rings. The number of hydrogen-bond acceptors (Lipinski definition) is 3. The van der Waals surface area contributed by atoms with E-state index in [1.54, 1.807) is 18.2 Å². The highest BCUT2D eigenvalue weighted by molar-refractivity contribution is 5.75. The Labute approximate surface area is 240 Å². The zero-order chi connectivity index (χ0) is 32.3. The largest absolute Gasteiger partial charge is 0.496 e. The van der Waals surface area contributed by atoms with Gasteiger partial charge in [-0.15, -0.1) is 0 Å². The first-order chi connectivity index (χ1) is 19.8. The van der Waals surface area contributed by atoms with Gasteiger partial charge in [-0.3, -0.25) is 0 Å². The lowest BCUT2D eigenvalue weighted by atomic mass is 9.92. The lowest BCUT2D eigenvalue weighted by Crippen LogP contribution is -2.35. The smallest absolute Gasteiger partial charge is 0.416 e. The number of benzene rings is 3. The highest BCUT2D eigenvalue weighted by Gasteiger charge is 2.38. The molecule has 0 saturated heterocycles. The predicted molar refractivity (Wildman–Crippen MR) is 140 cm³/mol. The molecule has 14 heteroatoms. The zero-order valence-electron chi connectivity index (χ0n) is 22.9. The van der Waals surface area contributed by atoms with Gasteiger partial charge in [0.05, 0.1) is 29.8 Å². The maximum absolute atomic E-state index is 13.6. The summed E-state index contributed by atoms with van der Waals surface area (Å²) in [4.78, 5) is 11.4. The highest BCUT2D eigenvalue weighted by Crippen LogP contribution is 2.39. The molecule has 0 heterocycles. The number of methoxy groups -OCH3 is 1. The Morgan fingerprint density at radius 1 is 0.767 bits per heavy atom. The lowest BCUT2D eigenvalue weighted by molar-refractivity contribution is -0.143. The summed E-state index contributed by atoms with van der Waals surface area (Å²) >= 11 is 0. The maximum Gasteiger partial charge on any atom is 0.416 e. The van der Waals surface area contributed by atoms with Crippen molar-refractivity contribution in [3.63, 3.8) is 0 Å². The molecule has 0 aliphatic heterocycles. The Hall–Kier alpha value is -3.94. The fourth-order valence-corrected chi connectivity index (χ4v) is 4.41. The van der Waals surface area contributed by atoms with Crippen LogP contribution in [0, 0.1) is 0 Å². The van der Waals surface area contributed by atoms with Crippen LogP contribution in [0.5, 0.6) is 5.75 Å². The number of alkyl halides is 9. The Bertz CT molecular complexity index is 1420. The number of halogens is 9. The molecule has 3 aromatic carbocycles. The molecule has 3 N–H and O–H groups in total. The predicted octanol–water partition coefficient (Wildman–Crippen LogP) is 8.64. The normalized spacial score (nSPS) is 13.2. The van der Waals surface area contributed by atoms with Crippen LogP contribution in [0.4, 0.5) is 44.3 Å². The van der Waals surface area contributed by atoms with E-state index in [9.17, 15) is 49.4 Å². The summed E-state index contributed by atoms with van der Waals surface area (Å²) in [6.07, 6.45) is -16.8. The summed E-state index contributed by atoms with van der Waals surface area (Å²) in [7, 11) is 1.38. The highest BCUT2D eigenvalue weighted by atomic mass is 19.4. The van der Waals surface area contributed by atoms with E-state index >= 15 is 0 Å². The van der Waals surface area contributed by atoms with Gasteiger partial charge in [0.25, 0.3) is 0 Å². The molecule has 0 aromatic heterocycles. The van der Waals surface area contributed by atoms with Gasteiger partial charge in [0, 0.05) is 18.7 Å². The molecule has 0 fully saturated rings. The summed E-state index contributed by atoms with van der Waals surface area (Å²) in [5.74, 6) is 0.400. The van der Waals surface area contributed by atoms with Crippen molar-refractivity contribution in [3.8, 4) is 16.9 Å². The number of rotatable bonds is 9. The third-order valence-electron chi connectivity index (χ3n) is 6.59. The Kier molecular flexibility index (Phi) is 9.94. The molecule has 3 rings (SSSR count). The summed E-state index contributed by atoms with van der Waals surface area (Å²) < 4.78 is 127. The molecule has 5 nitrogen and oxygen atoms in total. The number of ether oxygens (including phenoxy) is 1. The first-order valence-electron chi connectivity index (χ1n) is 12.7. The molecule has 0 radical (unpaired) electrons. The number of carboxylic acid groups (broad SMARTS) is 1. The fourth-order valence-electron chi connectivity index (χ4n) is 4.41. The Morgan fingerprint density at radius 2 is 1.35 bits per heavy atom. The van der Waals surface area contributed by atoms with E-state index < -0.39 is 59.5 Å². The molecule has 0 bridgehead atoms. The average molecular weight is 623 g/mol. The van der Waals surface area contributed by atoms with Crippen LogP contribution in [0.1, 0.15) is 59.2 Å². The van der Waals surface area contributed by atoms with Gasteiger partial charge >= 0.3 is 24.6 Å². The minimum absolute atomic E-state index is 0.0533. The van der Waals surface area contributed by atoms with Crippen molar-refractivity contribution in [1.82, 2.24) is 10.6 Å². The molecule has 0 aliphatic rings. The second-order valence-electron chi connectivity index (χ2n) is 9.96. The minimum Gasteiger partial charge on any atom is -0.496 e. The topological polar surface area (TPSA) is 70.6 Å². The number of hydrogen-bond donors (Lipinski definition) is 3. The molecule has 1 unspecified atom stereocenters. The van der Waals surface area contributed by atoms with Crippen molar-refractivity contribution in [2.75, 3.05) is 13.7 Å². The van der Waals surface area contributed by atoms with Crippen LogP contribution in [-0.2, 0) is 25.1 Å². The molecule has 0 spiro atoms. The Balaban J connectivity index is 2.04. The van der Waals surface area contributed by atoms with Crippen LogP contribution in [0.3, 0.4) is 0 Å². The third-order valence-corrected chi connectivity index (χ3v) is 6.59. The first-order valence-corrected chi connectivity index (χ1v) is 12.7. The van der Waals surface area contributed by atoms with E-state index in [0.29, 0.717) is 29.0 Å². The monoisotopic (exact) mass is 622 g/mol. The maximum atomic E-state index is 13.6. The van der Waals surface area contributed by atoms with Crippen LogP contribution in [0.25, 0.3) is 11.1 Å². The summed E-state index contributed by atoms with van der Waals surface area (Å²) in [6.45, 7) is 2.89. The summed E-state index contributed by atoms with van der Waals surface area (Å²) in [5.41, 5.74) is -3.24. The van der Waals surface area contributed by atoms with Crippen molar-refractivity contribution in [3.05, 3.63) is 88.0 Å². The number of carbonyl (C=O) groups is 1. The van der Waals surface area contributed by atoms with Crippen molar-refractivity contribution in [2.24, 2.45) is 0 Å². The first kappa shape index (κ1) is 33.6. The SMILES string of the molecule is COc1ccc(C(C)C)cc1-c1ccc(C(F)(F)F)cc1CNCC(NC(=O)O)c1cc(C(F)(F)F)cc(C(F)(F)F)c1. The van der Waals surface area contributed by atoms with E-state index in [2.05, 4.69) is 5.32 Å². The van der Waals surface area contributed by atoms with Gasteiger partial charge in [-0.1, -0.05) is 26.0 Å². The van der Waals surface area contributed by atoms with Gasteiger partial charge in [0.1, 0.15) is 5.75 Å². The third kappa shape index (κ3) is 8.55. The minimum atomic E-state index is -5.17. The van der Waals surface area contributed by atoms with Crippen molar-refractivity contribution < 1.29 is 54.2 Å². The van der Waals surface area contributed by atoms with Crippen molar-refractivity contribution in [1.29, 1.82) is 0 Å². The fraction of sp³-hybridized carbons (Fsp3) is 0.345. The number of amides is 1. The van der Waals surface area contributed by atoms with Gasteiger partial charge in [-0.2, -0.15) is 39.5 Å². The van der Waals surface area contributed by atoms with Gasteiger partial charge in [0.15, 0.2) is 0 Å². The summed E-state index contributed by atoms with van der Waals surface area (Å²) in [6, 6.07) is 7.19. The Morgan fingerprint density at radius 3 is 1.84 bits per heavy atom. The molecule has 43 heavy (non-hydrogen) atoms. The second-order valence-corrected chi connectivity index (χ2v) is 9.96. The van der Waals surface area contributed by atoms with Crippen LogP contribution >= 0.6 is 0 Å². The zero-order valence-corrected chi connectivity index (χ0v) is 22.9. The lowest BCUT2D eigenvalue weighted by Gasteiger charge is -2.22. The van der Waals surface area contributed by atoms with E-state index in [4.69, 9.17) is 4.74 Å². The molecule has 1 atom stereocenters. The standard InChI is InChI=1S/C29H27F9N2O3/c1-15(2)16-4-7-25(43-3)23(11-16)22-6-5-19(27(30,31)32)10-18(22)13-39-14-24(40-26(41)42)17-8-20(28(33,34)35)12-21(9-17)29(36,37)38/h4-12,15,24,39-40H,13-14H2,1-3H3,(H,41,42). The van der Waals surface area contributed by atoms with E-state index in [-0.39, 0.29) is 24.1 Å². The van der Waals surface area contributed by atoms with Crippen LogP contribution < -0.4 is 15.4 Å². The molecule has 1 amide bonds. The molecule has 0 saturated carbocycles. The van der Waals surface area contributed by atoms with Crippen LogP contribution in [0.2, 0.25) is 0 Å². The van der Waals surface area contributed by atoms with Gasteiger partial charge in [-0.25, -0.2) is 4.79 Å². The van der Waals surface area contributed by atoms with Gasteiger partial charge in [-0.05, 0) is 70.6 Å². The molecule has 234 valence electrons. The molecular formula is C29H27F9N2O3. The van der Waals surface area contributed by atoms with E-state index in [1.165, 1.54) is 13.2 Å². The summed E-state index contributed by atoms with van der Waals surface area (Å²) in [5, 5.41) is 13.8. The van der Waals surface area contributed by atoms with Crippen LogP contribution in [0.15, 0.2) is 54.6 Å². The van der Waals surface area contributed by atoms with Crippen molar-refractivity contribution in [2.45, 2.75) is 50.9 Å². The van der Waals surface area contributed by atoms with Gasteiger partial charge in [0.2, 0.25) is 0 Å². The van der Waals surface area contributed by atoms with Gasteiger partial charge < -0.3 is 20.5 Å². The quantitative estimate of drug-likeness (QED) is 0.209. The van der Waals surface area contributed by atoms with E-state index in [0.717, 1.165) is 17.7 Å². The van der Waals surface area contributed by atoms with E-state index in [1.807, 2.05) is 19.2 Å². The molecule has 0 aliphatic carbocycles. The van der Waals surface area contributed by atoms with Crippen LogP contribution in [-0.4, -0.2) is 24.9 Å². The van der Waals surface area contributed by atoms with Crippen molar-refractivity contribution >= 4 is 6.09 Å². The molecular weight excluding hydrogens is 595 g/mol. The number of nitrogens with one attached hydrogen (secondary N) is 2. The second kappa shape index (κ2) is 12.7. The average Bonchev–Trinajstić information content (AvgIpc) is 2.90.